The molecule has 2 amide bonds. The zero-order valence-corrected chi connectivity index (χ0v) is 13.9. The third kappa shape index (κ3) is 5.27. The van der Waals surface area contributed by atoms with Crippen LogP contribution in [0.2, 0.25) is 0 Å². The fraction of sp³-hybridized carbons (Fsp3) is 0.235. The van der Waals surface area contributed by atoms with E-state index in [9.17, 15) is 18.8 Å². The highest BCUT2D eigenvalue weighted by Gasteiger charge is 2.12. The normalized spacial score (nSPS) is 10.2. The minimum absolute atomic E-state index is 0.00968. The van der Waals surface area contributed by atoms with Gasteiger partial charge >= 0.3 is 11.8 Å². The van der Waals surface area contributed by atoms with Gasteiger partial charge in [-0.15, -0.1) is 11.3 Å². The third-order valence-corrected chi connectivity index (χ3v) is 4.48. The summed E-state index contributed by atoms with van der Waals surface area (Å²) in [7, 11) is 0. The molecule has 0 atom stereocenters. The molecule has 0 aliphatic carbocycles. The molecule has 2 N–H and O–H groups in total. The highest BCUT2D eigenvalue weighted by Crippen LogP contribution is 2.17. The Hall–Kier alpha value is -2.54. The summed E-state index contributed by atoms with van der Waals surface area (Å²) in [5.74, 6) is -1.81. The van der Waals surface area contributed by atoms with Crippen LogP contribution in [0.3, 0.4) is 0 Å². The van der Waals surface area contributed by atoms with Crippen LogP contribution in [0, 0.1) is 5.82 Å². The highest BCUT2D eigenvalue weighted by molar-refractivity contribution is 7.14. The van der Waals surface area contributed by atoms with Gasteiger partial charge in [-0.25, -0.2) is 4.39 Å². The number of carbonyl (C=O) groups excluding carboxylic acids is 3. The van der Waals surface area contributed by atoms with Gasteiger partial charge in [0.2, 0.25) is 0 Å². The molecule has 0 saturated heterocycles. The molecule has 2 rings (SSSR count). The van der Waals surface area contributed by atoms with Crippen molar-refractivity contribution >= 4 is 28.9 Å². The molecule has 1 aromatic carbocycles. The molecule has 126 valence electrons. The van der Waals surface area contributed by atoms with Crippen LogP contribution in [0.25, 0.3) is 0 Å². The zero-order valence-electron chi connectivity index (χ0n) is 13.1. The van der Waals surface area contributed by atoms with Gasteiger partial charge in [-0.05, 0) is 43.2 Å². The number of carbonyl (C=O) groups is 3. The summed E-state index contributed by atoms with van der Waals surface area (Å²) in [5, 5.41) is 5.00. The van der Waals surface area contributed by atoms with Crippen LogP contribution < -0.4 is 10.6 Å². The maximum atomic E-state index is 12.8. The Morgan fingerprint density at radius 1 is 1.00 bits per heavy atom. The number of thiophene rings is 1. The maximum absolute atomic E-state index is 12.8. The number of hydrogen-bond acceptors (Lipinski definition) is 4. The van der Waals surface area contributed by atoms with Crippen LogP contribution >= 0.6 is 11.3 Å². The van der Waals surface area contributed by atoms with Gasteiger partial charge in [-0.2, -0.15) is 0 Å². The zero-order chi connectivity index (χ0) is 17.5. The van der Waals surface area contributed by atoms with E-state index >= 15 is 0 Å². The van der Waals surface area contributed by atoms with Gasteiger partial charge in [0, 0.05) is 18.0 Å². The first kappa shape index (κ1) is 17.8. The van der Waals surface area contributed by atoms with Crippen molar-refractivity contribution in [1.82, 2.24) is 10.6 Å². The number of amides is 2. The van der Waals surface area contributed by atoms with Crippen LogP contribution in [0.1, 0.15) is 27.0 Å². The first-order valence-corrected chi connectivity index (χ1v) is 8.17. The fourth-order valence-corrected chi connectivity index (χ4v) is 2.85. The Morgan fingerprint density at radius 3 is 2.29 bits per heavy atom. The Balaban J connectivity index is 1.72. The second-order valence-electron chi connectivity index (χ2n) is 5.14. The second kappa shape index (κ2) is 8.35. The maximum Gasteiger partial charge on any atom is 0.309 e. The molecule has 5 nitrogen and oxygen atoms in total. The number of Topliss-reactive ketones (excluding diaryl/α,β-unsaturated/α-hetero) is 1. The van der Waals surface area contributed by atoms with Crippen molar-refractivity contribution in [1.29, 1.82) is 0 Å². The molecule has 0 spiro atoms. The van der Waals surface area contributed by atoms with E-state index in [1.807, 2.05) is 6.07 Å². The minimum atomic E-state index is -0.741. The Bertz CT molecular complexity index is 741. The Labute approximate surface area is 142 Å². The summed E-state index contributed by atoms with van der Waals surface area (Å²) in [6.07, 6.45) is 0.551. The number of rotatable bonds is 6. The molecule has 0 bridgehead atoms. The molecular formula is C17H17FN2O3S. The number of hydrogen-bond donors (Lipinski definition) is 2. The largest absolute Gasteiger partial charge is 0.347 e. The summed E-state index contributed by atoms with van der Waals surface area (Å²) in [6.45, 7) is 1.96. The van der Waals surface area contributed by atoms with Crippen LogP contribution in [-0.4, -0.2) is 24.1 Å². The van der Waals surface area contributed by atoms with Crippen molar-refractivity contribution in [3.63, 3.8) is 0 Å². The molecule has 0 aliphatic heterocycles. The summed E-state index contributed by atoms with van der Waals surface area (Å²) in [5.41, 5.74) is 0.702. The van der Waals surface area contributed by atoms with Gasteiger partial charge in [0.25, 0.3) is 0 Å². The van der Waals surface area contributed by atoms with Gasteiger partial charge in [0.15, 0.2) is 5.78 Å². The van der Waals surface area contributed by atoms with Gasteiger partial charge in [-0.3, -0.25) is 14.4 Å². The van der Waals surface area contributed by atoms with Crippen molar-refractivity contribution in [3.05, 3.63) is 57.5 Å². The van der Waals surface area contributed by atoms with Crippen molar-refractivity contribution in [2.24, 2.45) is 0 Å². The fourth-order valence-electron chi connectivity index (χ4n) is 1.95. The predicted molar refractivity (Wildman–Crippen MR) is 89.3 cm³/mol. The first-order valence-electron chi connectivity index (χ1n) is 7.36. The lowest BCUT2D eigenvalue weighted by Crippen LogP contribution is -2.40. The van der Waals surface area contributed by atoms with E-state index in [-0.39, 0.29) is 18.1 Å². The topological polar surface area (TPSA) is 75.3 Å². The van der Waals surface area contributed by atoms with E-state index < -0.39 is 11.8 Å². The molecule has 0 fully saturated rings. The average molecular weight is 348 g/mol. The summed E-state index contributed by atoms with van der Waals surface area (Å²) < 4.78 is 12.8. The first-order chi connectivity index (χ1) is 11.5. The Morgan fingerprint density at radius 2 is 1.67 bits per heavy atom. The molecule has 1 heterocycles. The lowest BCUT2D eigenvalue weighted by Gasteiger charge is -2.06. The predicted octanol–water partition coefficient (Wildman–Crippen LogP) is 2.06. The molecular weight excluding hydrogens is 331 g/mol. The van der Waals surface area contributed by atoms with Crippen LogP contribution in [0.4, 0.5) is 4.39 Å². The second-order valence-corrected chi connectivity index (χ2v) is 6.31. The van der Waals surface area contributed by atoms with E-state index in [0.29, 0.717) is 23.4 Å². The van der Waals surface area contributed by atoms with Crippen LogP contribution in [0.5, 0.6) is 0 Å². The standard InChI is InChI=1S/C17H17FN2O3S/c1-11(21)15-7-6-14(24-15)8-9-19-16(22)17(23)20-10-12-2-4-13(18)5-3-12/h2-7H,8-10H2,1H3,(H,19,22)(H,20,23). The molecule has 7 heteroatoms. The lowest BCUT2D eigenvalue weighted by atomic mass is 10.2. The van der Waals surface area contributed by atoms with E-state index in [1.165, 1.54) is 42.5 Å². The number of ketones is 1. The number of nitrogens with one attached hydrogen (secondary N) is 2. The SMILES string of the molecule is CC(=O)c1ccc(CCNC(=O)C(=O)NCc2ccc(F)cc2)s1. The summed E-state index contributed by atoms with van der Waals surface area (Å²) >= 11 is 1.38. The van der Waals surface area contributed by atoms with Crippen molar-refractivity contribution in [3.8, 4) is 0 Å². The van der Waals surface area contributed by atoms with Crippen LogP contribution in [0.15, 0.2) is 36.4 Å². The van der Waals surface area contributed by atoms with E-state index in [0.717, 1.165) is 4.88 Å². The van der Waals surface area contributed by atoms with Gasteiger partial charge < -0.3 is 10.6 Å². The molecule has 0 aliphatic rings. The van der Waals surface area contributed by atoms with E-state index in [4.69, 9.17) is 0 Å². The molecule has 0 saturated carbocycles. The molecule has 0 unspecified atom stereocenters. The number of benzene rings is 1. The van der Waals surface area contributed by atoms with Crippen molar-refractivity contribution in [2.45, 2.75) is 19.9 Å². The third-order valence-electron chi connectivity index (χ3n) is 3.24. The van der Waals surface area contributed by atoms with E-state index in [2.05, 4.69) is 10.6 Å². The smallest absolute Gasteiger partial charge is 0.309 e. The van der Waals surface area contributed by atoms with Crippen LogP contribution in [-0.2, 0) is 22.6 Å². The van der Waals surface area contributed by atoms with Gasteiger partial charge in [0.1, 0.15) is 5.82 Å². The number of halogens is 1. The van der Waals surface area contributed by atoms with Crippen molar-refractivity contribution in [2.75, 3.05) is 6.54 Å². The summed E-state index contributed by atoms with van der Waals surface area (Å²) in [4.78, 5) is 36.2. The van der Waals surface area contributed by atoms with E-state index in [1.54, 1.807) is 6.07 Å². The quantitative estimate of drug-likeness (QED) is 0.620. The molecule has 2 aromatic rings. The Kier molecular flexibility index (Phi) is 6.20. The molecule has 1 aromatic heterocycles. The minimum Gasteiger partial charge on any atom is -0.347 e. The lowest BCUT2D eigenvalue weighted by molar-refractivity contribution is -0.139. The van der Waals surface area contributed by atoms with Gasteiger partial charge in [0.05, 0.1) is 4.88 Å². The molecule has 24 heavy (non-hydrogen) atoms. The average Bonchev–Trinajstić information content (AvgIpc) is 3.03. The van der Waals surface area contributed by atoms with Crippen molar-refractivity contribution < 1.29 is 18.8 Å². The summed E-state index contributed by atoms with van der Waals surface area (Å²) in [6, 6.07) is 9.24. The van der Waals surface area contributed by atoms with Gasteiger partial charge in [-0.1, -0.05) is 12.1 Å². The monoisotopic (exact) mass is 348 g/mol. The highest BCUT2D eigenvalue weighted by atomic mass is 32.1. The molecule has 0 radical (unpaired) electrons.